The van der Waals surface area contributed by atoms with Crippen molar-refractivity contribution in [3.8, 4) is 0 Å². The van der Waals surface area contributed by atoms with Crippen LogP contribution >= 0.6 is 0 Å². The van der Waals surface area contributed by atoms with Crippen molar-refractivity contribution in [2.45, 2.75) is 25.7 Å². The van der Waals surface area contributed by atoms with Crippen LogP contribution in [-0.4, -0.2) is 16.9 Å². The summed E-state index contributed by atoms with van der Waals surface area (Å²) in [7, 11) is 0. The number of ketones is 1. The third kappa shape index (κ3) is 6.28. The zero-order valence-electron chi connectivity index (χ0n) is 16.9. The molecule has 0 fully saturated rings. The maximum Gasteiger partial charge on any atom is 0.306 e. The van der Waals surface area contributed by atoms with Crippen molar-refractivity contribution in [1.29, 1.82) is 0 Å². The Kier molecular flexibility index (Phi) is 7.73. The van der Waals surface area contributed by atoms with Crippen LogP contribution in [0.25, 0.3) is 6.08 Å². The van der Waals surface area contributed by atoms with Gasteiger partial charge >= 0.3 is 5.97 Å². The number of aliphatic carboxylic acids is 1. The summed E-state index contributed by atoms with van der Waals surface area (Å²) in [5.74, 6) is -1.28. The number of carbonyl (C=O) groups excluding carboxylic acids is 1. The van der Waals surface area contributed by atoms with Gasteiger partial charge in [0.05, 0.1) is 5.92 Å². The fourth-order valence-corrected chi connectivity index (χ4v) is 3.51. The van der Waals surface area contributed by atoms with Crippen LogP contribution < -0.4 is 0 Å². The van der Waals surface area contributed by atoms with Crippen LogP contribution in [0.15, 0.2) is 91.0 Å². The highest BCUT2D eigenvalue weighted by molar-refractivity contribution is 6.07. The molecule has 3 aromatic carbocycles. The van der Waals surface area contributed by atoms with E-state index in [1.165, 1.54) is 0 Å². The zero-order valence-corrected chi connectivity index (χ0v) is 16.9. The lowest BCUT2D eigenvalue weighted by Gasteiger charge is -2.14. The van der Waals surface area contributed by atoms with Crippen molar-refractivity contribution >= 4 is 17.8 Å². The Hall–Kier alpha value is -3.46. The molecule has 3 aromatic rings. The predicted octanol–water partition coefficient (Wildman–Crippen LogP) is 5.85. The van der Waals surface area contributed by atoms with E-state index in [2.05, 4.69) is 0 Å². The van der Waals surface area contributed by atoms with Gasteiger partial charge in [0.2, 0.25) is 0 Å². The molecule has 0 radical (unpaired) electrons. The predicted molar refractivity (Wildman–Crippen MR) is 120 cm³/mol. The van der Waals surface area contributed by atoms with Crippen molar-refractivity contribution in [2.75, 3.05) is 0 Å². The summed E-state index contributed by atoms with van der Waals surface area (Å²) in [5, 5.41) is 9.64. The Labute approximate surface area is 177 Å². The fraction of sp³-hybridized carbons (Fsp3) is 0.185. The molecule has 3 heteroatoms. The van der Waals surface area contributed by atoms with E-state index in [9.17, 15) is 14.7 Å². The van der Waals surface area contributed by atoms with Gasteiger partial charge in [0, 0.05) is 5.56 Å². The number of carboxylic acids is 1. The fourth-order valence-electron chi connectivity index (χ4n) is 3.51. The Morgan fingerprint density at radius 3 is 2.07 bits per heavy atom. The smallest absolute Gasteiger partial charge is 0.306 e. The lowest BCUT2D eigenvalue weighted by Crippen LogP contribution is -2.16. The van der Waals surface area contributed by atoms with Crippen LogP contribution in [0.3, 0.4) is 0 Å². The molecule has 1 unspecified atom stereocenters. The molecule has 1 N–H and O–H groups in total. The number of hydrogen-bond donors (Lipinski definition) is 1. The van der Waals surface area contributed by atoms with E-state index in [0.29, 0.717) is 24.8 Å². The number of carbonyl (C=O) groups is 2. The van der Waals surface area contributed by atoms with Gasteiger partial charge in [0.25, 0.3) is 0 Å². The first kappa shape index (κ1) is 21.3. The molecule has 0 heterocycles. The minimum absolute atomic E-state index is 0.0642. The molecule has 3 rings (SSSR count). The number of benzene rings is 3. The normalized spacial score (nSPS) is 12.0. The number of aryl methyl sites for hydroxylation is 2. The van der Waals surface area contributed by atoms with Crippen molar-refractivity contribution in [2.24, 2.45) is 5.92 Å². The van der Waals surface area contributed by atoms with Gasteiger partial charge in [-0.25, -0.2) is 0 Å². The summed E-state index contributed by atoms with van der Waals surface area (Å²) >= 11 is 0. The van der Waals surface area contributed by atoms with E-state index in [1.807, 2.05) is 84.9 Å². The molecule has 0 spiro atoms. The summed E-state index contributed by atoms with van der Waals surface area (Å²) in [6.45, 7) is 0. The molecule has 152 valence electrons. The molecular weight excluding hydrogens is 372 g/mol. The standard InChI is InChI=1S/C27H26O3/c28-26(20-16-22-11-5-2-6-12-22)25-14-8-7-13-23(25)18-19-24(27(29)30)17-15-21-9-3-1-4-10-21/h1-14,16,20,24H,15,17-19H2,(H,29,30)/b20-16+. The molecule has 0 saturated carbocycles. The summed E-state index contributed by atoms with van der Waals surface area (Å²) in [5.41, 5.74) is 3.64. The molecule has 0 aliphatic carbocycles. The summed E-state index contributed by atoms with van der Waals surface area (Å²) in [6.07, 6.45) is 5.78. The van der Waals surface area contributed by atoms with Gasteiger partial charge in [-0.05, 0) is 48.4 Å². The minimum atomic E-state index is -0.779. The van der Waals surface area contributed by atoms with Crippen LogP contribution in [-0.2, 0) is 17.6 Å². The lowest BCUT2D eigenvalue weighted by atomic mass is 9.91. The van der Waals surface area contributed by atoms with Crippen LogP contribution in [0, 0.1) is 5.92 Å². The van der Waals surface area contributed by atoms with Crippen LogP contribution in [0.2, 0.25) is 0 Å². The third-order valence-corrected chi connectivity index (χ3v) is 5.25. The van der Waals surface area contributed by atoms with E-state index in [-0.39, 0.29) is 5.78 Å². The van der Waals surface area contributed by atoms with E-state index in [1.54, 1.807) is 12.2 Å². The first-order valence-electron chi connectivity index (χ1n) is 10.3. The van der Waals surface area contributed by atoms with Crippen molar-refractivity contribution < 1.29 is 14.7 Å². The molecule has 0 bridgehead atoms. The maximum absolute atomic E-state index is 12.7. The largest absolute Gasteiger partial charge is 0.481 e. The molecule has 1 atom stereocenters. The van der Waals surface area contributed by atoms with E-state index in [4.69, 9.17) is 0 Å². The van der Waals surface area contributed by atoms with E-state index in [0.717, 1.165) is 23.1 Å². The van der Waals surface area contributed by atoms with Crippen LogP contribution in [0.1, 0.15) is 39.9 Å². The van der Waals surface area contributed by atoms with E-state index < -0.39 is 11.9 Å². The van der Waals surface area contributed by atoms with E-state index >= 15 is 0 Å². The second kappa shape index (κ2) is 10.9. The summed E-state index contributed by atoms with van der Waals surface area (Å²) in [6, 6.07) is 27.1. The quantitative estimate of drug-likeness (QED) is 0.344. The van der Waals surface area contributed by atoms with Crippen LogP contribution in [0.4, 0.5) is 0 Å². The number of rotatable bonds is 10. The highest BCUT2D eigenvalue weighted by Crippen LogP contribution is 2.20. The minimum Gasteiger partial charge on any atom is -0.481 e. The van der Waals surface area contributed by atoms with Crippen LogP contribution in [0.5, 0.6) is 0 Å². The van der Waals surface area contributed by atoms with Crippen molar-refractivity contribution in [3.63, 3.8) is 0 Å². The molecule has 0 amide bonds. The topological polar surface area (TPSA) is 54.4 Å². The first-order valence-corrected chi connectivity index (χ1v) is 10.3. The third-order valence-electron chi connectivity index (χ3n) is 5.25. The molecular formula is C27H26O3. The SMILES string of the molecule is O=C(/C=C/c1ccccc1)c1ccccc1CCC(CCc1ccccc1)C(=O)O. The molecule has 0 aliphatic heterocycles. The highest BCUT2D eigenvalue weighted by atomic mass is 16.4. The van der Waals surface area contributed by atoms with Gasteiger partial charge in [0.15, 0.2) is 5.78 Å². The van der Waals surface area contributed by atoms with Gasteiger partial charge in [-0.15, -0.1) is 0 Å². The Morgan fingerprint density at radius 1 is 0.767 bits per heavy atom. The van der Waals surface area contributed by atoms with Crippen molar-refractivity contribution in [3.05, 3.63) is 113 Å². The molecule has 3 nitrogen and oxygen atoms in total. The zero-order chi connectivity index (χ0) is 21.2. The second-order valence-corrected chi connectivity index (χ2v) is 7.36. The number of hydrogen-bond acceptors (Lipinski definition) is 2. The second-order valence-electron chi connectivity index (χ2n) is 7.36. The molecule has 0 aromatic heterocycles. The molecule has 30 heavy (non-hydrogen) atoms. The average molecular weight is 399 g/mol. The summed E-state index contributed by atoms with van der Waals surface area (Å²) < 4.78 is 0. The van der Waals surface area contributed by atoms with Crippen molar-refractivity contribution in [1.82, 2.24) is 0 Å². The van der Waals surface area contributed by atoms with Gasteiger partial charge in [0.1, 0.15) is 0 Å². The lowest BCUT2D eigenvalue weighted by molar-refractivity contribution is -0.142. The molecule has 0 aliphatic rings. The van der Waals surface area contributed by atoms with Gasteiger partial charge in [-0.3, -0.25) is 9.59 Å². The summed E-state index contributed by atoms with van der Waals surface area (Å²) in [4.78, 5) is 24.5. The Morgan fingerprint density at radius 2 is 1.37 bits per heavy atom. The average Bonchev–Trinajstić information content (AvgIpc) is 2.79. The first-order chi connectivity index (χ1) is 14.6. The highest BCUT2D eigenvalue weighted by Gasteiger charge is 2.18. The Bertz CT molecular complexity index is 991. The van der Waals surface area contributed by atoms with Gasteiger partial charge in [-0.2, -0.15) is 0 Å². The Balaban J connectivity index is 1.65. The monoisotopic (exact) mass is 398 g/mol. The maximum atomic E-state index is 12.7. The van der Waals surface area contributed by atoms with Gasteiger partial charge in [-0.1, -0.05) is 91.0 Å². The number of allylic oxidation sites excluding steroid dienone is 1. The molecule has 0 saturated heterocycles. The number of carboxylic acid groups (broad SMARTS) is 1. The van der Waals surface area contributed by atoms with Gasteiger partial charge < -0.3 is 5.11 Å².